The number of benzene rings is 1. The zero-order chi connectivity index (χ0) is 21.0. The monoisotopic (exact) mass is 421 g/mol. The van der Waals surface area contributed by atoms with Gasteiger partial charge in [-0.1, -0.05) is 30.5 Å². The Kier molecular flexibility index (Phi) is 6.42. The van der Waals surface area contributed by atoms with Gasteiger partial charge in [-0.2, -0.15) is 0 Å². The molecule has 1 aromatic carbocycles. The van der Waals surface area contributed by atoms with Gasteiger partial charge in [0.1, 0.15) is 5.54 Å². The van der Waals surface area contributed by atoms with Crippen LogP contribution in [-0.2, 0) is 19.1 Å². The van der Waals surface area contributed by atoms with Crippen LogP contribution in [0, 0.1) is 6.92 Å². The van der Waals surface area contributed by atoms with Gasteiger partial charge in [-0.3, -0.25) is 19.3 Å². The van der Waals surface area contributed by atoms with Crippen LogP contribution in [0.5, 0.6) is 0 Å². The highest BCUT2D eigenvalue weighted by Gasteiger charge is 2.52. The number of amides is 4. The van der Waals surface area contributed by atoms with E-state index in [1.54, 1.807) is 18.2 Å². The topological polar surface area (TPSA) is 105 Å². The molecule has 3 rings (SSSR count). The number of aryl methyl sites for hydroxylation is 1. The molecule has 0 aromatic heterocycles. The van der Waals surface area contributed by atoms with Gasteiger partial charge in [-0.15, -0.1) is 0 Å². The Morgan fingerprint density at radius 3 is 2.72 bits per heavy atom. The molecule has 1 aromatic rings. The molecule has 2 aliphatic rings. The van der Waals surface area contributed by atoms with Crippen molar-refractivity contribution in [3.05, 3.63) is 28.8 Å². The molecule has 1 heterocycles. The van der Waals surface area contributed by atoms with Crippen molar-refractivity contribution in [3.8, 4) is 0 Å². The van der Waals surface area contributed by atoms with Gasteiger partial charge in [0.15, 0.2) is 6.61 Å². The van der Waals surface area contributed by atoms with Gasteiger partial charge in [0.2, 0.25) is 0 Å². The smallest absolute Gasteiger partial charge is 0.325 e. The lowest BCUT2D eigenvalue weighted by atomic mass is 9.98. The number of urea groups is 1. The van der Waals surface area contributed by atoms with Gasteiger partial charge in [0.05, 0.1) is 0 Å². The number of halogens is 1. The summed E-state index contributed by atoms with van der Waals surface area (Å²) < 4.78 is 4.97. The molecular formula is C20H24ClN3O5. The summed E-state index contributed by atoms with van der Waals surface area (Å²) in [5.41, 5.74) is 0.648. The minimum absolute atomic E-state index is 0.00747. The lowest BCUT2D eigenvalue weighted by molar-refractivity contribution is -0.147. The first-order chi connectivity index (χ1) is 13.8. The van der Waals surface area contributed by atoms with Gasteiger partial charge < -0.3 is 15.4 Å². The summed E-state index contributed by atoms with van der Waals surface area (Å²) in [6.45, 7) is 1.55. The molecule has 0 unspecified atom stereocenters. The van der Waals surface area contributed by atoms with Gasteiger partial charge in [0, 0.05) is 23.7 Å². The van der Waals surface area contributed by atoms with E-state index in [-0.39, 0.29) is 25.3 Å². The highest BCUT2D eigenvalue weighted by molar-refractivity contribution is 6.31. The molecule has 156 valence electrons. The number of esters is 1. The maximum atomic E-state index is 12.5. The van der Waals surface area contributed by atoms with Crippen LogP contribution in [0.15, 0.2) is 18.2 Å². The van der Waals surface area contributed by atoms with E-state index in [0.717, 1.165) is 18.4 Å². The summed E-state index contributed by atoms with van der Waals surface area (Å²) >= 11 is 5.91. The van der Waals surface area contributed by atoms with Crippen molar-refractivity contribution in [2.24, 2.45) is 0 Å². The average Bonchev–Trinajstić information content (AvgIpc) is 3.23. The number of ether oxygens (including phenoxy) is 1. The number of rotatable bonds is 7. The van der Waals surface area contributed by atoms with Crippen molar-refractivity contribution in [2.45, 2.75) is 51.0 Å². The lowest BCUT2D eigenvalue weighted by Gasteiger charge is -2.19. The molecule has 4 amide bonds. The van der Waals surface area contributed by atoms with Crippen molar-refractivity contribution in [2.75, 3.05) is 18.5 Å². The van der Waals surface area contributed by atoms with Crippen LogP contribution in [-0.4, -0.2) is 47.4 Å². The Labute approximate surface area is 173 Å². The summed E-state index contributed by atoms with van der Waals surface area (Å²) in [5, 5.41) is 5.93. The highest BCUT2D eigenvalue weighted by Crippen LogP contribution is 2.35. The Bertz CT molecular complexity index is 835. The minimum atomic E-state index is -0.742. The fourth-order valence-electron chi connectivity index (χ4n) is 3.71. The van der Waals surface area contributed by atoms with Gasteiger partial charge in [-0.05, 0) is 43.9 Å². The third-order valence-electron chi connectivity index (χ3n) is 5.30. The van der Waals surface area contributed by atoms with E-state index < -0.39 is 30.1 Å². The van der Waals surface area contributed by atoms with Crippen LogP contribution >= 0.6 is 11.6 Å². The van der Waals surface area contributed by atoms with E-state index >= 15 is 0 Å². The highest BCUT2D eigenvalue weighted by atomic mass is 35.5. The number of carbonyl (C=O) groups excluding carboxylic acids is 4. The predicted octanol–water partition coefficient (Wildman–Crippen LogP) is 2.77. The van der Waals surface area contributed by atoms with Crippen LogP contribution in [0.1, 0.15) is 44.1 Å². The molecule has 2 fully saturated rings. The second-order valence-electron chi connectivity index (χ2n) is 7.45. The largest absolute Gasteiger partial charge is 0.456 e. The summed E-state index contributed by atoms with van der Waals surface area (Å²) in [6, 6.07) is 4.70. The van der Waals surface area contributed by atoms with E-state index in [0.29, 0.717) is 23.6 Å². The number of imide groups is 1. The van der Waals surface area contributed by atoms with E-state index in [1.165, 1.54) is 4.90 Å². The first-order valence-corrected chi connectivity index (χ1v) is 10.0. The van der Waals surface area contributed by atoms with Crippen molar-refractivity contribution in [1.29, 1.82) is 0 Å². The van der Waals surface area contributed by atoms with E-state index in [9.17, 15) is 19.2 Å². The number of hydrogen-bond acceptors (Lipinski definition) is 5. The third-order valence-corrected chi connectivity index (χ3v) is 5.54. The molecule has 0 bridgehead atoms. The summed E-state index contributed by atoms with van der Waals surface area (Å²) in [4.78, 5) is 49.6. The van der Waals surface area contributed by atoms with Gasteiger partial charge in [-0.25, -0.2) is 4.79 Å². The average molecular weight is 422 g/mol. The maximum Gasteiger partial charge on any atom is 0.325 e. The molecule has 29 heavy (non-hydrogen) atoms. The van der Waals surface area contributed by atoms with Crippen LogP contribution in [0.4, 0.5) is 10.5 Å². The van der Waals surface area contributed by atoms with Crippen LogP contribution in [0.2, 0.25) is 5.02 Å². The molecular weight excluding hydrogens is 398 g/mol. The van der Waals surface area contributed by atoms with E-state index in [4.69, 9.17) is 16.3 Å². The zero-order valence-corrected chi connectivity index (χ0v) is 17.0. The Morgan fingerprint density at radius 2 is 2.00 bits per heavy atom. The number of anilines is 1. The molecule has 1 saturated carbocycles. The fourth-order valence-corrected chi connectivity index (χ4v) is 3.88. The Morgan fingerprint density at radius 1 is 1.28 bits per heavy atom. The normalized spacial score (nSPS) is 17.5. The quantitative estimate of drug-likeness (QED) is 0.520. The molecule has 1 spiro atoms. The number of carbonyl (C=O) groups is 4. The van der Waals surface area contributed by atoms with E-state index in [1.807, 2.05) is 6.92 Å². The zero-order valence-electron chi connectivity index (χ0n) is 16.3. The van der Waals surface area contributed by atoms with Crippen molar-refractivity contribution >= 4 is 41.1 Å². The SMILES string of the molecule is Cc1ccc(Cl)cc1NC(=O)COC(=O)CCCN1C(=O)NC2(CCCC2)C1=O. The molecule has 1 aliphatic heterocycles. The molecule has 0 radical (unpaired) electrons. The second-order valence-corrected chi connectivity index (χ2v) is 7.88. The molecule has 9 heteroatoms. The van der Waals surface area contributed by atoms with Gasteiger partial charge >= 0.3 is 12.0 Å². The first kappa shape index (κ1) is 21.1. The Hall–Kier alpha value is -2.61. The summed E-state index contributed by atoms with van der Waals surface area (Å²) in [5.74, 6) is -1.24. The Balaban J connectivity index is 1.39. The molecule has 1 saturated heterocycles. The summed E-state index contributed by atoms with van der Waals surface area (Å²) in [7, 11) is 0. The standard InChI is InChI=1S/C20H24ClN3O5/c1-13-6-7-14(21)11-15(13)22-16(25)12-29-17(26)5-4-10-24-18(27)20(23-19(24)28)8-2-3-9-20/h6-7,11H,2-5,8-10,12H2,1H3,(H,22,25)(H,23,28). The van der Waals surface area contributed by atoms with Crippen LogP contribution in [0.25, 0.3) is 0 Å². The summed E-state index contributed by atoms with van der Waals surface area (Å²) in [6.07, 6.45) is 3.46. The van der Waals surface area contributed by atoms with Crippen LogP contribution < -0.4 is 10.6 Å². The van der Waals surface area contributed by atoms with Gasteiger partial charge in [0.25, 0.3) is 11.8 Å². The van der Waals surface area contributed by atoms with Crippen molar-refractivity contribution in [1.82, 2.24) is 10.2 Å². The molecule has 2 N–H and O–H groups in total. The predicted molar refractivity (Wildman–Crippen MR) is 106 cm³/mol. The lowest BCUT2D eigenvalue weighted by Crippen LogP contribution is -2.44. The molecule has 0 atom stereocenters. The number of hydrogen-bond donors (Lipinski definition) is 2. The van der Waals surface area contributed by atoms with Crippen molar-refractivity contribution in [3.63, 3.8) is 0 Å². The fraction of sp³-hybridized carbons (Fsp3) is 0.500. The molecule has 1 aliphatic carbocycles. The number of nitrogens with one attached hydrogen (secondary N) is 2. The third kappa shape index (κ3) is 4.87. The van der Waals surface area contributed by atoms with Crippen LogP contribution in [0.3, 0.4) is 0 Å². The number of nitrogens with zero attached hydrogens (tertiary/aromatic N) is 1. The molecule has 8 nitrogen and oxygen atoms in total. The maximum absolute atomic E-state index is 12.5. The van der Waals surface area contributed by atoms with E-state index in [2.05, 4.69) is 10.6 Å². The minimum Gasteiger partial charge on any atom is -0.456 e. The van der Waals surface area contributed by atoms with Crippen molar-refractivity contribution < 1.29 is 23.9 Å². The second kappa shape index (κ2) is 8.82. The first-order valence-electron chi connectivity index (χ1n) is 9.66.